The molecule has 0 bridgehead atoms. The number of H-pyrrole nitrogens is 1. The lowest BCUT2D eigenvalue weighted by atomic mass is 10.2. The molecule has 0 fully saturated rings. The highest BCUT2D eigenvalue weighted by molar-refractivity contribution is 14.1. The number of halogens is 1. The first-order valence-electron chi connectivity index (χ1n) is 9.28. The summed E-state index contributed by atoms with van der Waals surface area (Å²) in [5, 5.41) is 26.9. The fraction of sp³-hybridized carbons (Fsp3) is 0.190. The smallest absolute Gasteiger partial charge is 0.342 e. The van der Waals surface area contributed by atoms with E-state index in [4.69, 9.17) is 14.2 Å². The third-order valence-electron chi connectivity index (χ3n) is 4.15. The quantitative estimate of drug-likeness (QED) is 0.195. The van der Waals surface area contributed by atoms with Crippen LogP contribution in [-0.2, 0) is 4.79 Å². The number of phenols is 1. The maximum Gasteiger partial charge on any atom is 0.342 e. The fourth-order valence-corrected chi connectivity index (χ4v) is 4.03. The molecule has 168 valence electrons. The second kappa shape index (κ2) is 10.6. The topological polar surface area (TPSA) is 127 Å². The molecule has 0 aliphatic heterocycles. The van der Waals surface area contributed by atoms with Gasteiger partial charge in [0, 0.05) is 11.6 Å². The summed E-state index contributed by atoms with van der Waals surface area (Å²) in [7, 11) is 3.09. The standard InChI is InChI=1S/C21H20IN3O6S/c1-4-31-16-6-11(5-15(22)18(16)26)7-17(20(27)28)32-21-23-19(24-25-21)12-8-13(29-2)10-14(9-12)30-3/h5-10,26H,4H2,1-3H3,(H,27,28)(H,23,24,25)/b17-7-. The number of ether oxygens (including phenoxy) is 3. The number of aromatic amines is 1. The van der Waals surface area contributed by atoms with Crippen molar-refractivity contribution < 1.29 is 29.2 Å². The third kappa shape index (κ3) is 5.65. The van der Waals surface area contributed by atoms with E-state index >= 15 is 0 Å². The number of methoxy groups -OCH3 is 2. The normalized spacial score (nSPS) is 11.3. The van der Waals surface area contributed by atoms with Crippen LogP contribution in [0.4, 0.5) is 0 Å². The molecule has 0 radical (unpaired) electrons. The number of carbonyl (C=O) groups is 1. The van der Waals surface area contributed by atoms with Crippen molar-refractivity contribution in [3.8, 4) is 34.4 Å². The van der Waals surface area contributed by atoms with Crippen molar-refractivity contribution in [2.24, 2.45) is 0 Å². The number of hydrogen-bond acceptors (Lipinski definition) is 8. The molecule has 11 heteroatoms. The number of hydrogen-bond donors (Lipinski definition) is 3. The summed E-state index contributed by atoms with van der Waals surface area (Å²) in [5.41, 5.74) is 1.24. The number of rotatable bonds is 9. The van der Waals surface area contributed by atoms with Crippen molar-refractivity contribution in [3.05, 3.63) is 44.4 Å². The van der Waals surface area contributed by atoms with Gasteiger partial charge in [0.25, 0.3) is 0 Å². The molecule has 0 aliphatic rings. The lowest BCUT2D eigenvalue weighted by Crippen LogP contribution is -1.98. The average Bonchev–Trinajstić information content (AvgIpc) is 3.25. The maximum absolute atomic E-state index is 11.8. The van der Waals surface area contributed by atoms with Crippen molar-refractivity contribution >= 4 is 46.4 Å². The average molecular weight is 569 g/mol. The molecule has 0 aliphatic carbocycles. The SMILES string of the molecule is CCOc1cc(/C=C(\Sc2n[nH]c(-c3cc(OC)cc(OC)c3)n2)C(=O)O)cc(I)c1O. The predicted molar refractivity (Wildman–Crippen MR) is 128 cm³/mol. The Morgan fingerprint density at radius 1 is 1.19 bits per heavy atom. The van der Waals surface area contributed by atoms with Crippen LogP contribution in [0.1, 0.15) is 12.5 Å². The first-order chi connectivity index (χ1) is 15.3. The van der Waals surface area contributed by atoms with E-state index < -0.39 is 5.97 Å². The minimum absolute atomic E-state index is 0.00251. The Labute approximate surface area is 202 Å². The number of nitrogens with one attached hydrogen (secondary N) is 1. The number of benzene rings is 2. The molecule has 0 saturated carbocycles. The lowest BCUT2D eigenvalue weighted by molar-refractivity contribution is -0.131. The first kappa shape index (κ1) is 23.7. The van der Waals surface area contributed by atoms with E-state index in [2.05, 4.69) is 15.2 Å². The number of thioether (sulfide) groups is 1. The van der Waals surface area contributed by atoms with Crippen LogP contribution in [-0.4, -0.2) is 52.2 Å². The van der Waals surface area contributed by atoms with Crippen molar-refractivity contribution in [2.75, 3.05) is 20.8 Å². The molecule has 1 heterocycles. The number of carboxylic acid groups (broad SMARTS) is 1. The molecular formula is C21H20IN3O6S. The predicted octanol–water partition coefficient (Wildman–Crippen LogP) is 4.42. The number of carboxylic acids is 1. The van der Waals surface area contributed by atoms with E-state index in [0.717, 1.165) is 11.8 Å². The molecular weight excluding hydrogens is 549 g/mol. The van der Waals surface area contributed by atoms with E-state index in [0.29, 0.717) is 38.6 Å². The Morgan fingerprint density at radius 2 is 1.88 bits per heavy atom. The van der Waals surface area contributed by atoms with E-state index in [9.17, 15) is 15.0 Å². The zero-order valence-corrected chi connectivity index (χ0v) is 20.4. The molecule has 0 saturated heterocycles. The van der Waals surface area contributed by atoms with Gasteiger partial charge in [0.15, 0.2) is 17.3 Å². The summed E-state index contributed by atoms with van der Waals surface area (Å²) in [6.07, 6.45) is 1.47. The third-order valence-corrected chi connectivity index (χ3v) is 5.85. The van der Waals surface area contributed by atoms with Crippen LogP contribution in [0.5, 0.6) is 23.0 Å². The van der Waals surface area contributed by atoms with Crippen LogP contribution < -0.4 is 14.2 Å². The Balaban J connectivity index is 1.90. The first-order valence-corrected chi connectivity index (χ1v) is 11.2. The summed E-state index contributed by atoms with van der Waals surface area (Å²) in [6.45, 7) is 2.17. The van der Waals surface area contributed by atoms with Gasteiger partial charge in [0.2, 0.25) is 5.16 Å². The lowest BCUT2D eigenvalue weighted by Gasteiger charge is -2.09. The molecule has 32 heavy (non-hydrogen) atoms. The van der Waals surface area contributed by atoms with Gasteiger partial charge in [0.05, 0.1) is 24.4 Å². The summed E-state index contributed by atoms with van der Waals surface area (Å²) in [6, 6.07) is 8.50. The molecule has 9 nitrogen and oxygen atoms in total. The van der Waals surface area contributed by atoms with Crippen molar-refractivity contribution in [1.29, 1.82) is 0 Å². The minimum atomic E-state index is -1.13. The summed E-state index contributed by atoms with van der Waals surface area (Å²) in [4.78, 5) is 16.2. The van der Waals surface area contributed by atoms with Gasteiger partial charge in [-0.15, -0.1) is 5.10 Å². The van der Waals surface area contributed by atoms with Crippen LogP contribution in [0.3, 0.4) is 0 Å². The van der Waals surface area contributed by atoms with Gasteiger partial charge < -0.3 is 24.4 Å². The van der Waals surface area contributed by atoms with Gasteiger partial charge in [-0.1, -0.05) is 0 Å². The molecule has 3 N–H and O–H groups in total. The Hall–Kier alpha value is -2.93. The van der Waals surface area contributed by atoms with Gasteiger partial charge in [0.1, 0.15) is 16.4 Å². The fourth-order valence-electron chi connectivity index (χ4n) is 2.69. The molecule has 0 unspecified atom stereocenters. The molecule has 2 aromatic carbocycles. The van der Waals surface area contributed by atoms with Crippen LogP contribution in [0.2, 0.25) is 0 Å². The van der Waals surface area contributed by atoms with Crippen LogP contribution in [0.25, 0.3) is 17.5 Å². The van der Waals surface area contributed by atoms with Crippen LogP contribution in [0, 0.1) is 3.57 Å². The van der Waals surface area contributed by atoms with Crippen molar-refractivity contribution in [1.82, 2.24) is 15.2 Å². The van der Waals surface area contributed by atoms with Gasteiger partial charge in [-0.3, -0.25) is 5.10 Å². The van der Waals surface area contributed by atoms with Crippen LogP contribution in [0.15, 0.2) is 40.4 Å². The molecule has 3 aromatic rings. The number of aliphatic carboxylic acids is 1. The van der Waals surface area contributed by atoms with E-state index in [1.54, 1.807) is 51.5 Å². The minimum Gasteiger partial charge on any atom is -0.504 e. The Bertz CT molecular complexity index is 1140. The van der Waals surface area contributed by atoms with Gasteiger partial charge in [-0.2, -0.15) is 0 Å². The second-order valence-corrected chi connectivity index (χ2v) is 8.44. The molecule has 0 atom stereocenters. The number of aromatic nitrogens is 3. The second-order valence-electron chi connectivity index (χ2n) is 6.27. The molecule has 1 aromatic heterocycles. The van der Waals surface area contributed by atoms with Gasteiger partial charge in [-0.05, 0) is 77.2 Å². The van der Waals surface area contributed by atoms with E-state index in [1.165, 1.54) is 6.08 Å². The van der Waals surface area contributed by atoms with Crippen molar-refractivity contribution in [3.63, 3.8) is 0 Å². The van der Waals surface area contributed by atoms with E-state index in [-0.39, 0.29) is 21.6 Å². The number of nitrogens with zero attached hydrogens (tertiary/aromatic N) is 2. The summed E-state index contributed by atoms with van der Waals surface area (Å²) < 4.78 is 16.5. The highest BCUT2D eigenvalue weighted by atomic mass is 127. The Morgan fingerprint density at radius 3 is 2.47 bits per heavy atom. The van der Waals surface area contributed by atoms with E-state index in [1.807, 2.05) is 22.6 Å². The zero-order valence-electron chi connectivity index (χ0n) is 17.4. The van der Waals surface area contributed by atoms with Crippen LogP contribution >= 0.6 is 34.4 Å². The summed E-state index contributed by atoms with van der Waals surface area (Å²) in [5.74, 6) is 0.776. The number of aromatic hydroxyl groups is 1. The number of phenolic OH excluding ortho intramolecular Hbond substituents is 1. The van der Waals surface area contributed by atoms with Crippen molar-refractivity contribution in [2.45, 2.75) is 12.1 Å². The summed E-state index contributed by atoms with van der Waals surface area (Å²) >= 11 is 2.86. The monoisotopic (exact) mass is 569 g/mol. The Kier molecular flexibility index (Phi) is 7.85. The molecule has 0 amide bonds. The maximum atomic E-state index is 11.8. The highest BCUT2D eigenvalue weighted by Crippen LogP contribution is 2.35. The molecule has 0 spiro atoms. The zero-order chi connectivity index (χ0) is 23.3. The molecule has 3 rings (SSSR count). The van der Waals surface area contributed by atoms with Gasteiger partial charge >= 0.3 is 5.97 Å². The largest absolute Gasteiger partial charge is 0.504 e. The highest BCUT2D eigenvalue weighted by Gasteiger charge is 2.16. The van der Waals surface area contributed by atoms with Gasteiger partial charge in [-0.25, -0.2) is 9.78 Å².